The van der Waals surface area contributed by atoms with E-state index in [1.54, 1.807) is 5.32 Å². The van der Waals surface area contributed by atoms with Gasteiger partial charge in [-0.1, -0.05) is 6.07 Å². The van der Waals surface area contributed by atoms with Crippen molar-refractivity contribution in [3.63, 3.8) is 0 Å². The van der Waals surface area contributed by atoms with Crippen LogP contribution in [0.5, 0.6) is 5.75 Å². The zero-order chi connectivity index (χ0) is 16.4. The highest BCUT2D eigenvalue weighted by Crippen LogP contribution is 2.33. The standard InChI is InChI=1S/C13H14F3NO4/c1-12(2,11(19)20)7-4-5-8(9(6-7)21-3)17-10(18)13(14,15)16/h4-6H,1-3H3,(H,17,18)(H,19,20). The molecule has 8 heteroatoms. The Morgan fingerprint density at radius 2 is 1.81 bits per heavy atom. The van der Waals surface area contributed by atoms with Crippen LogP contribution in [-0.4, -0.2) is 30.3 Å². The number of carbonyl (C=O) groups is 2. The second-order valence-electron chi connectivity index (χ2n) is 4.80. The van der Waals surface area contributed by atoms with Gasteiger partial charge in [-0.15, -0.1) is 0 Å². The Morgan fingerprint density at radius 1 is 1.24 bits per heavy atom. The summed E-state index contributed by atoms with van der Waals surface area (Å²) in [4.78, 5) is 22.1. The van der Waals surface area contributed by atoms with Crippen molar-refractivity contribution < 1.29 is 32.6 Å². The predicted molar refractivity (Wildman–Crippen MR) is 68.3 cm³/mol. The third-order valence-corrected chi connectivity index (χ3v) is 2.96. The van der Waals surface area contributed by atoms with E-state index in [9.17, 15) is 22.8 Å². The van der Waals surface area contributed by atoms with E-state index in [1.807, 2.05) is 0 Å². The van der Waals surface area contributed by atoms with E-state index in [-0.39, 0.29) is 11.4 Å². The second kappa shape index (κ2) is 5.63. The number of carboxylic acids is 1. The van der Waals surface area contributed by atoms with Gasteiger partial charge in [-0.2, -0.15) is 13.2 Å². The Balaban J connectivity index is 3.17. The van der Waals surface area contributed by atoms with Gasteiger partial charge in [0.2, 0.25) is 0 Å². The van der Waals surface area contributed by atoms with E-state index in [2.05, 4.69) is 0 Å². The van der Waals surface area contributed by atoms with Gasteiger partial charge in [0.25, 0.3) is 0 Å². The highest BCUT2D eigenvalue weighted by molar-refractivity contribution is 5.96. The highest BCUT2D eigenvalue weighted by atomic mass is 19.4. The van der Waals surface area contributed by atoms with Gasteiger partial charge in [0.15, 0.2) is 0 Å². The van der Waals surface area contributed by atoms with Crippen molar-refractivity contribution in [3.05, 3.63) is 23.8 Å². The largest absolute Gasteiger partial charge is 0.495 e. The van der Waals surface area contributed by atoms with E-state index in [4.69, 9.17) is 9.84 Å². The number of benzene rings is 1. The van der Waals surface area contributed by atoms with E-state index in [1.165, 1.54) is 39.2 Å². The van der Waals surface area contributed by atoms with Crippen LogP contribution in [0.1, 0.15) is 19.4 Å². The van der Waals surface area contributed by atoms with Gasteiger partial charge in [0.05, 0.1) is 18.2 Å². The molecular weight excluding hydrogens is 291 g/mol. The molecule has 0 heterocycles. The number of alkyl halides is 3. The number of rotatable bonds is 4. The maximum absolute atomic E-state index is 12.2. The van der Waals surface area contributed by atoms with Gasteiger partial charge >= 0.3 is 18.1 Å². The van der Waals surface area contributed by atoms with Gasteiger partial charge in [-0.3, -0.25) is 9.59 Å². The van der Waals surface area contributed by atoms with E-state index < -0.39 is 23.5 Å². The maximum Gasteiger partial charge on any atom is 0.471 e. The number of amides is 1. The van der Waals surface area contributed by atoms with Crippen molar-refractivity contribution in [2.45, 2.75) is 25.4 Å². The molecule has 116 valence electrons. The Bertz CT molecular complexity index is 567. The lowest BCUT2D eigenvalue weighted by molar-refractivity contribution is -0.167. The molecule has 0 saturated heterocycles. The topological polar surface area (TPSA) is 75.6 Å². The molecular formula is C13H14F3NO4. The van der Waals surface area contributed by atoms with Crippen molar-refractivity contribution in [3.8, 4) is 5.75 Å². The number of aliphatic carboxylic acids is 1. The summed E-state index contributed by atoms with van der Waals surface area (Å²) in [5, 5.41) is 10.8. The third-order valence-electron chi connectivity index (χ3n) is 2.96. The van der Waals surface area contributed by atoms with Crippen LogP contribution < -0.4 is 10.1 Å². The molecule has 1 aromatic rings. The summed E-state index contributed by atoms with van der Waals surface area (Å²) >= 11 is 0. The van der Waals surface area contributed by atoms with Gasteiger partial charge < -0.3 is 15.2 Å². The summed E-state index contributed by atoms with van der Waals surface area (Å²) < 4.78 is 41.5. The molecule has 1 amide bonds. The van der Waals surface area contributed by atoms with Gasteiger partial charge in [-0.05, 0) is 31.5 Å². The first-order valence-corrected chi connectivity index (χ1v) is 5.80. The highest BCUT2D eigenvalue weighted by Gasteiger charge is 2.39. The summed E-state index contributed by atoms with van der Waals surface area (Å²) in [6, 6.07) is 3.77. The molecule has 0 bridgehead atoms. The number of halogens is 3. The van der Waals surface area contributed by atoms with E-state index >= 15 is 0 Å². The molecule has 0 aliphatic rings. The summed E-state index contributed by atoms with van der Waals surface area (Å²) in [6.07, 6.45) is -5.02. The van der Waals surface area contributed by atoms with Gasteiger partial charge in [0, 0.05) is 0 Å². The molecule has 0 atom stereocenters. The number of anilines is 1. The van der Waals surface area contributed by atoms with Gasteiger partial charge in [0.1, 0.15) is 5.75 Å². The number of carboxylic acid groups (broad SMARTS) is 1. The fourth-order valence-electron chi connectivity index (χ4n) is 1.50. The molecule has 0 aliphatic carbocycles. The molecule has 0 saturated carbocycles. The van der Waals surface area contributed by atoms with E-state index in [0.29, 0.717) is 5.56 Å². The molecule has 0 fully saturated rings. The van der Waals surface area contributed by atoms with Crippen LogP contribution in [0.3, 0.4) is 0 Å². The van der Waals surface area contributed by atoms with Crippen LogP contribution in [-0.2, 0) is 15.0 Å². The van der Waals surface area contributed by atoms with Crippen LogP contribution >= 0.6 is 0 Å². The Kier molecular flexibility index (Phi) is 4.50. The number of ether oxygens (including phenoxy) is 1. The average molecular weight is 305 g/mol. The smallest absolute Gasteiger partial charge is 0.471 e. The molecule has 0 unspecified atom stereocenters. The number of methoxy groups -OCH3 is 1. The summed E-state index contributed by atoms with van der Waals surface area (Å²) in [7, 11) is 1.20. The molecule has 2 N–H and O–H groups in total. The molecule has 0 aromatic heterocycles. The van der Waals surface area contributed by atoms with Crippen molar-refractivity contribution in [2.75, 3.05) is 12.4 Å². The van der Waals surface area contributed by atoms with Crippen molar-refractivity contribution in [2.24, 2.45) is 0 Å². The Morgan fingerprint density at radius 3 is 2.24 bits per heavy atom. The Hall–Kier alpha value is -2.25. The van der Waals surface area contributed by atoms with Crippen LogP contribution in [0.4, 0.5) is 18.9 Å². The molecule has 1 aromatic carbocycles. The average Bonchev–Trinajstić information content (AvgIpc) is 2.37. The summed E-state index contributed by atoms with van der Waals surface area (Å²) in [6.45, 7) is 2.89. The lowest BCUT2D eigenvalue weighted by Gasteiger charge is -2.21. The fourth-order valence-corrected chi connectivity index (χ4v) is 1.50. The predicted octanol–water partition coefficient (Wildman–Crippen LogP) is 2.56. The van der Waals surface area contributed by atoms with Crippen LogP contribution in [0.25, 0.3) is 0 Å². The first kappa shape index (κ1) is 16.8. The van der Waals surface area contributed by atoms with Crippen molar-refractivity contribution in [1.82, 2.24) is 0 Å². The molecule has 0 aliphatic heterocycles. The quantitative estimate of drug-likeness (QED) is 0.896. The molecule has 1 rings (SSSR count). The van der Waals surface area contributed by atoms with Crippen LogP contribution in [0.2, 0.25) is 0 Å². The zero-order valence-electron chi connectivity index (χ0n) is 11.5. The zero-order valence-corrected chi connectivity index (χ0v) is 11.5. The van der Waals surface area contributed by atoms with Crippen LogP contribution in [0.15, 0.2) is 18.2 Å². The van der Waals surface area contributed by atoms with Crippen LogP contribution in [0, 0.1) is 0 Å². The lowest BCUT2D eigenvalue weighted by Crippen LogP contribution is -2.30. The monoisotopic (exact) mass is 305 g/mol. The van der Waals surface area contributed by atoms with Crippen molar-refractivity contribution >= 4 is 17.6 Å². The number of hydrogen-bond acceptors (Lipinski definition) is 3. The lowest BCUT2D eigenvalue weighted by atomic mass is 9.84. The minimum atomic E-state index is -5.02. The normalized spacial score (nSPS) is 11.9. The number of nitrogens with one attached hydrogen (secondary N) is 1. The molecule has 0 radical (unpaired) electrons. The fraction of sp³-hybridized carbons (Fsp3) is 0.385. The first-order chi connectivity index (χ1) is 9.50. The number of carbonyl (C=O) groups excluding carboxylic acids is 1. The minimum Gasteiger partial charge on any atom is -0.495 e. The molecule has 21 heavy (non-hydrogen) atoms. The number of hydrogen-bond donors (Lipinski definition) is 2. The molecule has 5 nitrogen and oxygen atoms in total. The maximum atomic E-state index is 12.2. The minimum absolute atomic E-state index is 0.0561. The molecule has 0 spiro atoms. The SMILES string of the molecule is COc1cc(C(C)(C)C(=O)O)ccc1NC(=O)C(F)(F)F. The van der Waals surface area contributed by atoms with Gasteiger partial charge in [-0.25, -0.2) is 0 Å². The second-order valence-corrected chi connectivity index (χ2v) is 4.80. The Labute approximate surface area is 118 Å². The third kappa shape index (κ3) is 3.65. The summed E-state index contributed by atoms with van der Waals surface area (Å²) in [5.41, 5.74) is -1.11. The van der Waals surface area contributed by atoms with Crippen molar-refractivity contribution in [1.29, 1.82) is 0 Å². The van der Waals surface area contributed by atoms with E-state index in [0.717, 1.165) is 0 Å². The summed E-state index contributed by atoms with van der Waals surface area (Å²) in [5.74, 6) is -3.29. The first-order valence-electron chi connectivity index (χ1n) is 5.80.